The molecule has 20 rings (SSSR count). The zero-order valence-corrected chi connectivity index (χ0v) is 95.9. The number of carbonyl (C=O) groups is 12. The number of esters is 2. The summed E-state index contributed by atoms with van der Waals surface area (Å²) in [5.41, 5.74) is 0.0799. The van der Waals surface area contributed by atoms with E-state index in [-0.39, 0.29) is 271 Å². The molecule has 0 unspecified atom stereocenters. The molecule has 812 valence electrons. The monoisotopic (exact) mass is 2050 g/mol. The predicted molar refractivity (Wildman–Crippen MR) is 578 cm³/mol. The van der Waals surface area contributed by atoms with E-state index >= 15 is 0 Å². The third-order valence-corrected chi connectivity index (χ3v) is 50.2. The van der Waals surface area contributed by atoms with Crippen molar-refractivity contribution in [1.82, 2.24) is 10.6 Å². The number of ether oxygens (including phenoxy) is 3. The van der Waals surface area contributed by atoms with Crippen LogP contribution in [0.25, 0.3) is 19.4 Å². The van der Waals surface area contributed by atoms with Gasteiger partial charge in [-0.3, -0.25) is 38.4 Å². The Labute approximate surface area is 896 Å². The van der Waals surface area contributed by atoms with Crippen LogP contribution in [-0.2, 0) is 71.7 Å². The summed E-state index contributed by atoms with van der Waals surface area (Å²) < 4.78 is 15.8. The number of Topliss-reactive ketones (excluding diaryl/α,β-unsaturated/α-hetero) is 7. The van der Waals surface area contributed by atoms with Gasteiger partial charge in [0.05, 0.1) is 64.4 Å². The van der Waals surface area contributed by atoms with Gasteiger partial charge in [0.2, 0.25) is 28.7 Å². The molecule has 0 aliphatic heterocycles. The summed E-state index contributed by atoms with van der Waals surface area (Å²) in [6.45, 7) is 88.6. The van der Waals surface area contributed by atoms with Crippen molar-refractivity contribution < 1.29 is 71.7 Å². The molecule has 0 aromatic rings. The van der Waals surface area contributed by atoms with E-state index in [4.69, 9.17) is 40.5 Å². The lowest BCUT2D eigenvalue weighted by Gasteiger charge is -2.71. The molecule has 21 nitrogen and oxygen atoms in total. The van der Waals surface area contributed by atoms with Gasteiger partial charge in [-0.2, -0.15) is 0 Å². The second-order valence-corrected chi connectivity index (χ2v) is 58.3. The molecular weight excluding hydrogens is 1870 g/mol. The first-order valence-electron chi connectivity index (χ1n) is 57.5. The number of hydrogen-bond donors (Lipinski definition) is 2. The molecule has 0 aromatic heterocycles. The Morgan fingerprint density at radius 3 is 1.18 bits per heavy atom. The highest BCUT2D eigenvalue weighted by Crippen LogP contribution is 2.82. The predicted octanol–water partition coefficient (Wildman–Crippen LogP) is 25.6. The number of allylic oxidation sites excluding steroid dienone is 14. The average molecular weight is 2050 g/mol. The molecule has 0 heterocycles. The first-order valence-corrected chi connectivity index (χ1v) is 57.5. The minimum Gasteiger partial charge on any atom is -0.469 e. The molecule has 20 aliphatic rings. The lowest BCUT2D eigenvalue weighted by Crippen LogP contribution is -2.68. The Hall–Kier alpha value is -8.92. The number of fused-ring (bicyclic) bond motifs is 28. The number of carbonyl (C=O) groups excluding carboxylic acids is 12. The molecule has 0 spiro atoms. The van der Waals surface area contributed by atoms with Gasteiger partial charge >= 0.3 is 11.9 Å². The maximum absolute atomic E-state index is 14.5. The van der Waals surface area contributed by atoms with Crippen LogP contribution in [0.5, 0.6) is 0 Å². The first-order chi connectivity index (χ1) is 69.8. The van der Waals surface area contributed by atoms with E-state index in [0.717, 1.165) is 191 Å². The average Bonchev–Trinajstić information content (AvgIpc) is 0.681. The SMILES string of the molecule is [C-]#[N+]C1=C[C@]2(C)C3=CC(=O)[C@@H]4[C@@H]5CC(C)(C)CC[C@]5(C(=O)CNC(=O)COC)CC[C@@]4(C)[C@]3(C)CC[C@H]2[C@H](C)C1=O.[C-]#[N+]C1=C[C@]2(C)C3=CC(=O)[C@@H]4[C@@H]5CC(C)(C)CC[C@]5(C(=O)CNC=C)CC[C@@]4(C)[C@]3(C)CC[C@H]2[C@H](C)C1=O.[C-]#[N+]C1=C[C@]2(C)[C@H]3CC(=O)[C@@H]4[C@@H]5CC(C)(C)CC[C@]5(C(=O)OC)CC[C@@]4(C)[C@]3(C)CC[C@H]2[C@H](C)C1=O.[C-]#[N+]C1=C[C@]2(C)[C@H]3CC=C4[C@@H]5CC(C)(C)CC[C@]5(C(=O)OC)CC[C@@]4(C)[C@]3(C)CC[C@H]2[C@H](C)C1=O. The van der Waals surface area contributed by atoms with E-state index in [1.54, 1.807) is 13.3 Å². The van der Waals surface area contributed by atoms with Gasteiger partial charge < -0.3 is 44.0 Å². The molecule has 13 fully saturated rings. The summed E-state index contributed by atoms with van der Waals surface area (Å²) in [5, 5.41) is 5.81. The van der Waals surface area contributed by atoms with Gasteiger partial charge in [-0.05, 0) is 340 Å². The highest BCUT2D eigenvalue weighted by molar-refractivity contribution is 6.04. The van der Waals surface area contributed by atoms with Crippen LogP contribution in [0.15, 0.2) is 94.8 Å². The van der Waals surface area contributed by atoms with Gasteiger partial charge in [0.1, 0.15) is 12.4 Å². The van der Waals surface area contributed by atoms with E-state index in [9.17, 15) is 57.5 Å². The molecule has 0 saturated heterocycles. The van der Waals surface area contributed by atoms with Crippen molar-refractivity contribution in [2.24, 2.45) is 209 Å². The van der Waals surface area contributed by atoms with Gasteiger partial charge in [0.15, 0.2) is 46.3 Å². The summed E-state index contributed by atoms with van der Waals surface area (Å²) in [5.74, 6) is 0.0369. The zero-order valence-electron chi connectivity index (χ0n) is 95.9. The highest BCUT2D eigenvalue weighted by Gasteiger charge is 2.78. The third kappa shape index (κ3) is 15.9. The summed E-state index contributed by atoms with van der Waals surface area (Å²) in [6, 6.07) is 0. The molecule has 21 heteroatoms. The van der Waals surface area contributed by atoms with Crippen molar-refractivity contribution in [3.63, 3.8) is 0 Å². The second kappa shape index (κ2) is 37.4. The molecule has 1 amide bonds. The van der Waals surface area contributed by atoms with E-state index in [0.29, 0.717) is 36.2 Å². The third-order valence-electron chi connectivity index (χ3n) is 50.2. The van der Waals surface area contributed by atoms with Gasteiger partial charge in [0, 0.05) is 76.6 Å². The largest absolute Gasteiger partial charge is 0.469 e. The Bertz CT molecular complexity index is 6150. The number of hydrogen-bond acceptors (Lipinski definition) is 16. The fraction of sp³-hybridized carbons (Fsp3) is 0.752. The van der Waals surface area contributed by atoms with Gasteiger partial charge in [-0.25, -0.2) is 19.4 Å². The standard InChI is InChI=1S/C34H46N2O5.C33H44N2O3.C31H43NO4.C31H43NO3/c1-20-21-9-10-32(5)25(31(21,4)17-23(35-7)29(20)40)15-24(37)28-22-16-30(2,3)11-13-34(22,14-12-33(28,32)6)26(38)18-36-27(39)19-41-8;1-9-35-19-26(37)33-14-12-29(3,4)17-22(33)27-24(36)16-25-30(5)18-23(34-8)28(38)20(2)21(30)10-11-31(25,6)32(27,7)13-15-33;1-18-19-9-10-29(5)23(28(19,4)17-21(32-7)25(18)34)15-22(33)24-20-16-27(2,3)11-13-31(20,26(35)36-8)14-12-30(24,29)6;1-19-20-11-12-30(6)24(28(20,4)18-23(32-7)25(19)33)10-9-21-22-17-27(2,3)13-15-31(22,26(34)35-8)16-14-29(21,30)5/h15,17,20-22,28H,9-14,16,18-19H2,1-6,8H3,(H,36,39);9,16,18,20-22,27,35H,1,10-15,17,19H2,2-7H3;17-20,23-24H,9-16H2,1-6,8H3;9,18-20,22,24H,10-17H2,1-6,8H3/t20-,21-,22-,28-,31-,32+,33+,34-;20-,21-,22-,27-,30-,31+,32+,33-;18-,19-,20-,23+,24-,28-,29+,30+,31-;19-,20-,22-,24+,28-,29+,30+,31-/m0000/s1. The lowest BCUT2D eigenvalue weighted by molar-refractivity contribution is -0.223. The number of amides is 1. The van der Waals surface area contributed by atoms with Crippen LogP contribution >= 0.6 is 0 Å². The van der Waals surface area contributed by atoms with Gasteiger partial charge in [-0.15, -0.1) is 0 Å². The fourth-order valence-electron chi connectivity index (χ4n) is 40.8. The van der Waals surface area contributed by atoms with Crippen LogP contribution in [-0.4, -0.2) is 111 Å². The smallest absolute Gasteiger partial charge is 0.312 e. The molecule has 150 heavy (non-hydrogen) atoms. The normalized spacial score (nSPS) is 46.2. The van der Waals surface area contributed by atoms with E-state index in [1.165, 1.54) is 19.8 Å². The summed E-state index contributed by atoms with van der Waals surface area (Å²) >= 11 is 0. The summed E-state index contributed by atoms with van der Waals surface area (Å²) in [7, 11) is 4.51. The molecule has 0 aromatic carbocycles. The minimum atomic E-state index is -0.637. The summed E-state index contributed by atoms with van der Waals surface area (Å²) in [6.07, 6.45) is 42.2. The Morgan fingerprint density at radius 2 is 0.747 bits per heavy atom. The van der Waals surface area contributed by atoms with E-state index in [1.807, 2.05) is 58.1 Å². The van der Waals surface area contributed by atoms with Crippen LogP contribution in [0.1, 0.15) is 359 Å². The van der Waals surface area contributed by atoms with Crippen LogP contribution < -0.4 is 10.6 Å². The molecule has 33 atom stereocenters. The van der Waals surface area contributed by atoms with Crippen molar-refractivity contribution in [3.05, 3.63) is 140 Å². The number of ketones is 9. The van der Waals surface area contributed by atoms with E-state index in [2.05, 4.69) is 187 Å². The van der Waals surface area contributed by atoms with Crippen LogP contribution in [0, 0.1) is 235 Å². The summed E-state index contributed by atoms with van der Waals surface area (Å²) in [4.78, 5) is 176. The zero-order chi connectivity index (χ0) is 110. The molecule has 0 bridgehead atoms. The first kappa shape index (κ1) is 112. The molecule has 13 saturated carbocycles. The number of methoxy groups -OCH3 is 3. The number of nitrogens with one attached hydrogen (secondary N) is 2. The number of nitrogens with zero attached hydrogens (tertiary/aromatic N) is 4. The maximum Gasteiger partial charge on any atom is 0.312 e. The Balaban J connectivity index is 0.000000136. The lowest BCUT2D eigenvalue weighted by atomic mass is 9.32. The van der Waals surface area contributed by atoms with Crippen molar-refractivity contribution in [3.8, 4) is 0 Å². The van der Waals surface area contributed by atoms with Crippen LogP contribution in [0.3, 0.4) is 0 Å². The topological polar surface area (TPSA) is 274 Å². The minimum absolute atomic E-state index is 0.00413. The second-order valence-electron chi connectivity index (χ2n) is 58.3. The van der Waals surface area contributed by atoms with E-state index < -0.39 is 27.1 Å². The van der Waals surface area contributed by atoms with Crippen molar-refractivity contribution in [1.29, 1.82) is 0 Å². The molecule has 2 N–H and O–H groups in total. The quantitative estimate of drug-likeness (QED) is 0.110. The van der Waals surface area contributed by atoms with Crippen LogP contribution in [0.2, 0.25) is 0 Å². The molecular formula is C129H176N6O15. The van der Waals surface area contributed by atoms with Crippen molar-refractivity contribution >= 4 is 69.9 Å². The molecule has 0 radical (unpaired) electrons. The van der Waals surface area contributed by atoms with Gasteiger partial charge in [0.25, 0.3) is 0 Å². The Kier molecular flexibility index (Phi) is 28.0. The van der Waals surface area contributed by atoms with Crippen LogP contribution in [0.4, 0.5) is 0 Å². The Morgan fingerprint density at radius 1 is 0.387 bits per heavy atom. The van der Waals surface area contributed by atoms with Crippen molar-refractivity contribution in [2.45, 2.75) is 359 Å². The maximum atomic E-state index is 14.5. The number of rotatable bonds is 11. The van der Waals surface area contributed by atoms with Crippen molar-refractivity contribution in [2.75, 3.05) is 41.0 Å². The fourth-order valence-corrected chi connectivity index (χ4v) is 40.8. The van der Waals surface area contributed by atoms with Gasteiger partial charge in [-0.1, -0.05) is 220 Å². The molecule has 20 aliphatic carbocycles. The highest BCUT2D eigenvalue weighted by atomic mass is 16.5.